The van der Waals surface area contributed by atoms with Crippen molar-refractivity contribution in [2.75, 3.05) is 32.6 Å². The summed E-state index contributed by atoms with van der Waals surface area (Å²) in [5.41, 5.74) is 5.47. The van der Waals surface area contributed by atoms with E-state index in [0.717, 1.165) is 33.7 Å². The summed E-state index contributed by atoms with van der Waals surface area (Å²) in [4.78, 5) is 29.0. The standard InChI is InChI=1S/C25H28N2O3/c1-17-15-19(16-23(30-5)18(17)2)8-13-24(28)27-14-6-7-22(25(27)29)20-9-11-21(12-10-20)26(3)4/h7-13,15-16H,6,14H2,1-5H3/b13-8+. The van der Waals surface area contributed by atoms with Gasteiger partial charge in [0.25, 0.3) is 11.8 Å². The Hall–Kier alpha value is -3.34. The van der Waals surface area contributed by atoms with Gasteiger partial charge in [0, 0.05) is 38.0 Å². The van der Waals surface area contributed by atoms with E-state index < -0.39 is 0 Å². The first kappa shape index (κ1) is 21.4. The van der Waals surface area contributed by atoms with Gasteiger partial charge in [-0.1, -0.05) is 24.3 Å². The van der Waals surface area contributed by atoms with Crippen LogP contribution in [0.5, 0.6) is 5.75 Å². The Bertz CT molecular complexity index is 1020. The van der Waals surface area contributed by atoms with Crippen molar-refractivity contribution in [3.63, 3.8) is 0 Å². The molecular weight excluding hydrogens is 376 g/mol. The smallest absolute Gasteiger partial charge is 0.261 e. The van der Waals surface area contributed by atoms with E-state index in [1.54, 1.807) is 13.2 Å². The number of carbonyl (C=O) groups excluding carboxylic acids is 2. The molecule has 1 aliphatic rings. The SMILES string of the molecule is COc1cc(/C=C/C(=O)N2CCC=C(c3ccc(N(C)C)cc3)C2=O)cc(C)c1C. The van der Waals surface area contributed by atoms with Crippen molar-refractivity contribution in [1.29, 1.82) is 0 Å². The van der Waals surface area contributed by atoms with E-state index in [2.05, 4.69) is 0 Å². The lowest BCUT2D eigenvalue weighted by molar-refractivity contribution is -0.138. The van der Waals surface area contributed by atoms with Crippen LogP contribution in [0.25, 0.3) is 11.6 Å². The molecule has 3 rings (SSSR count). The van der Waals surface area contributed by atoms with E-state index in [-0.39, 0.29) is 11.8 Å². The fourth-order valence-electron chi connectivity index (χ4n) is 3.48. The summed E-state index contributed by atoms with van der Waals surface area (Å²) in [5.74, 6) is 0.210. The highest BCUT2D eigenvalue weighted by atomic mass is 16.5. The van der Waals surface area contributed by atoms with Crippen molar-refractivity contribution in [2.45, 2.75) is 20.3 Å². The van der Waals surface area contributed by atoms with Crippen LogP contribution in [0, 0.1) is 13.8 Å². The van der Waals surface area contributed by atoms with Gasteiger partial charge in [-0.15, -0.1) is 0 Å². The number of anilines is 1. The van der Waals surface area contributed by atoms with Crippen molar-refractivity contribution < 1.29 is 14.3 Å². The molecule has 2 amide bonds. The predicted octanol–water partition coefficient (Wildman–Crippen LogP) is 4.23. The highest BCUT2D eigenvalue weighted by Gasteiger charge is 2.26. The van der Waals surface area contributed by atoms with Gasteiger partial charge in [0.1, 0.15) is 5.75 Å². The summed E-state index contributed by atoms with van der Waals surface area (Å²) >= 11 is 0. The molecule has 0 bridgehead atoms. The summed E-state index contributed by atoms with van der Waals surface area (Å²) in [7, 11) is 5.57. The number of imide groups is 1. The molecule has 0 spiro atoms. The van der Waals surface area contributed by atoms with Gasteiger partial charge in [0.2, 0.25) is 0 Å². The molecule has 5 heteroatoms. The van der Waals surface area contributed by atoms with Gasteiger partial charge < -0.3 is 9.64 Å². The molecule has 0 fully saturated rings. The van der Waals surface area contributed by atoms with Crippen molar-refractivity contribution >= 4 is 29.2 Å². The first-order valence-electron chi connectivity index (χ1n) is 9.99. The van der Waals surface area contributed by atoms with Crippen LogP contribution < -0.4 is 9.64 Å². The predicted molar refractivity (Wildman–Crippen MR) is 122 cm³/mol. The second-order valence-electron chi connectivity index (χ2n) is 7.64. The first-order valence-corrected chi connectivity index (χ1v) is 9.99. The average molecular weight is 405 g/mol. The third-order valence-electron chi connectivity index (χ3n) is 5.42. The van der Waals surface area contributed by atoms with Crippen LogP contribution in [-0.2, 0) is 9.59 Å². The minimum Gasteiger partial charge on any atom is -0.496 e. The lowest BCUT2D eigenvalue weighted by Gasteiger charge is -2.25. The number of carbonyl (C=O) groups is 2. The van der Waals surface area contributed by atoms with Gasteiger partial charge in [0.15, 0.2) is 0 Å². The molecule has 0 aromatic heterocycles. The van der Waals surface area contributed by atoms with E-state index in [0.29, 0.717) is 18.5 Å². The van der Waals surface area contributed by atoms with Crippen LogP contribution in [-0.4, -0.2) is 44.5 Å². The molecule has 0 radical (unpaired) electrons. The fourth-order valence-corrected chi connectivity index (χ4v) is 3.48. The minimum atomic E-state index is -0.312. The van der Waals surface area contributed by atoms with Crippen LogP contribution in [0.3, 0.4) is 0 Å². The monoisotopic (exact) mass is 404 g/mol. The number of hydrogen-bond acceptors (Lipinski definition) is 4. The molecular formula is C25H28N2O3. The van der Waals surface area contributed by atoms with Gasteiger partial charge in [-0.25, -0.2) is 0 Å². The van der Waals surface area contributed by atoms with Gasteiger partial charge in [0.05, 0.1) is 7.11 Å². The summed E-state index contributed by atoms with van der Waals surface area (Å²) in [6.45, 7) is 4.39. The first-order chi connectivity index (χ1) is 14.3. The topological polar surface area (TPSA) is 49.9 Å². The molecule has 2 aromatic carbocycles. The number of methoxy groups -OCH3 is 1. The molecule has 0 saturated heterocycles. The summed E-state index contributed by atoms with van der Waals surface area (Å²) in [5, 5.41) is 0. The van der Waals surface area contributed by atoms with E-state index in [9.17, 15) is 9.59 Å². The van der Waals surface area contributed by atoms with Crippen LogP contribution in [0.15, 0.2) is 48.6 Å². The fraction of sp³-hybridized carbons (Fsp3) is 0.280. The maximum atomic E-state index is 13.0. The Morgan fingerprint density at radius 2 is 1.83 bits per heavy atom. The van der Waals surface area contributed by atoms with Crippen molar-refractivity contribution in [1.82, 2.24) is 4.90 Å². The zero-order valence-corrected chi connectivity index (χ0v) is 18.2. The third kappa shape index (κ3) is 4.46. The van der Waals surface area contributed by atoms with Crippen LogP contribution in [0.2, 0.25) is 0 Å². The van der Waals surface area contributed by atoms with Crippen molar-refractivity contribution in [3.8, 4) is 5.75 Å². The van der Waals surface area contributed by atoms with Gasteiger partial charge in [-0.3, -0.25) is 14.5 Å². The zero-order chi connectivity index (χ0) is 21.8. The quantitative estimate of drug-likeness (QED) is 0.700. The van der Waals surface area contributed by atoms with Gasteiger partial charge in [-0.05, 0) is 66.8 Å². The molecule has 2 aromatic rings. The third-order valence-corrected chi connectivity index (χ3v) is 5.42. The molecule has 1 heterocycles. The highest BCUT2D eigenvalue weighted by Crippen LogP contribution is 2.26. The van der Waals surface area contributed by atoms with Crippen LogP contribution >= 0.6 is 0 Å². The van der Waals surface area contributed by atoms with Crippen LogP contribution in [0.4, 0.5) is 5.69 Å². The molecule has 5 nitrogen and oxygen atoms in total. The van der Waals surface area contributed by atoms with Gasteiger partial charge in [-0.2, -0.15) is 0 Å². The maximum Gasteiger partial charge on any atom is 0.261 e. The molecule has 156 valence electrons. The molecule has 0 N–H and O–H groups in total. The Balaban J connectivity index is 1.77. The number of amides is 2. The second kappa shape index (κ2) is 8.99. The lowest BCUT2D eigenvalue weighted by Crippen LogP contribution is -2.39. The normalized spacial score (nSPS) is 14.1. The summed E-state index contributed by atoms with van der Waals surface area (Å²) in [6, 6.07) is 11.7. The summed E-state index contributed by atoms with van der Waals surface area (Å²) < 4.78 is 5.40. The Morgan fingerprint density at radius 3 is 2.47 bits per heavy atom. The Kier molecular flexibility index (Phi) is 6.40. The highest BCUT2D eigenvalue weighted by molar-refractivity contribution is 6.25. The number of benzene rings is 2. The largest absolute Gasteiger partial charge is 0.496 e. The van der Waals surface area contributed by atoms with E-state index in [1.165, 1.54) is 11.0 Å². The molecule has 30 heavy (non-hydrogen) atoms. The second-order valence-corrected chi connectivity index (χ2v) is 7.64. The molecule has 0 atom stereocenters. The average Bonchev–Trinajstić information content (AvgIpc) is 2.74. The Labute approximate surface area is 178 Å². The van der Waals surface area contributed by atoms with Crippen LogP contribution in [0.1, 0.15) is 28.7 Å². The number of aryl methyl sites for hydroxylation is 1. The zero-order valence-electron chi connectivity index (χ0n) is 18.2. The number of rotatable bonds is 5. The van der Waals surface area contributed by atoms with E-state index in [4.69, 9.17) is 4.74 Å². The van der Waals surface area contributed by atoms with E-state index >= 15 is 0 Å². The summed E-state index contributed by atoms with van der Waals surface area (Å²) in [6.07, 6.45) is 5.75. The Morgan fingerprint density at radius 1 is 1.13 bits per heavy atom. The number of nitrogens with zero attached hydrogens (tertiary/aromatic N) is 2. The van der Waals surface area contributed by atoms with Gasteiger partial charge >= 0.3 is 0 Å². The minimum absolute atomic E-state index is 0.258. The number of ether oxygens (including phenoxy) is 1. The molecule has 0 aliphatic carbocycles. The number of hydrogen-bond donors (Lipinski definition) is 0. The van der Waals surface area contributed by atoms with Crippen molar-refractivity contribution in [3.05, 3.63) is 70.8 Å². The lowest BCUT2D eigenvalue weighted by atomic mass is 9.99. The molecule has 0 unspecified atom stereocenters. The van der Waals surface area contributed by atoms with E-state index in [1.807, 2.05) is 75.3 Å². The van der Waals surface area contributed by atoms with Crippen molar-refractivity contribution in [2.24, 2.45) is 0 Å². The molecule has 0 saturated carbocycles. The molecule has 1 aliphatic heterocycles. The maximum absolute atomic E-state index is 13.0.